The SMILES string of the molecule is O=C(O)c1ccc(C(=O)N2CC=CCC2)s1. The van der Waals surface area contributed by atoms with E-state index in [4.69, 9.17) is 5.11 Å². The van der Waals surface area contributed by atoms with E-state index in [1.165, 1.54) is 6.07 Å². The first kappa shape index (κ1) is 10.9. The zero-order valence-electron chi connectivity index (χ0n) is 8.55. The molecule has 0 fully saturated rings. The topological polar surface area (TPSA) is 57.6 Å². The van der Waals surface area contributed by atoms with E-state index in [0.717, 1.165) is 17.8 Å². The Labute approximate surface area is 96.8 Å². The van der Waals surface area contributed by atoms with Gasteiger partial charge in [0.2, 0.25) is 0 Å². The molecule has 0 aromatic carbocycles. The van der Waals surface area contributed by atoms with Crippen molar-refractivity contribution in [1.82, 2.24) is 4.90 Å². The summed E-state index contributed by atoms with van der Waals surface area (Å²) in [5.74, 6) is -1.07. The predicted molar refractivity (Wildman–Crippen MR) is 60.9 cm³/mol. The Morgan fingerprint density at radius 3 is 2.56 bits per heavy atom. The average Bonchev–Trinajstić information content (AvgIpc) is 2.78. The lowest BCUT2D eigenvalue weighted by atomic mass is 10.2. The number of carboxylic acids is 1. The van der Waals surface area contributed by atoms with Crippen LogP contribution in [0.3, 0.4) is 0 Å². The van der Waals surface area contributed by atoms with Crippen LogP contribution in [0.15, 0.2) is 24.3 Å². The highest BCUT2D eigenvalue weighted by molar-refractivity contribution is 7.15. The first-order valence-corrected chi connectivity index (χ1v) is 5.77. The number of rotatable bonds is 2. The summed E-state index contributed by atoms with van der Waals surface area (Å²) < 4.78 is 0. The van der Waals surface area contributed by atoms with Gasteiger partial charge in [-0.3, -0.25) is 4.79 Å². The zero-order chi connectivity index (χ0) is 11.5. The molecule has 0 saturated heterocycles. The second kappa shape index (κ2) is 4.49. The molecule has 0 saturated carbocycles. The minimum atomic E-state index is -0.984. The van der Waals surface area contributed by atoms with Crippen molar-refractivity contribution in [3.63, 3.8) is 0 Å². The number of carbonyl (C=O) groups is 2. The Morgan fingerprint density at radius 2 is 2.00 bits per heavy atom. The number of thiophene rings is 1. The quantitative estimate of drug-likeness (QED) is 0.798. The van der Waals surface area contributed by atoms with Crippen molar-refractivity contribution >= 4 is 23.2 Å². The highest BCUT2D eigenvalue weighted by Gasteiger charge is 2.19. The predicted octanol–water partition coefficient (Wildman–Crippen LogP) is 1.85. The third-order valence-corrected chi connectivity index (χ3v) is 3.43. The van der Waals surface area contributed by atoms with Gasteiger partial charge in [-0.25, -0.2) is 4.79 Å². The molecule has 2 rings (SSSR count). The van der Waals surface area contributed by atoms with Crippen LogP contribution in [0.2, 0.25) is 0 Å². The van der Waals surface area contributed by atoms with Gasteiger partial charge < -0.3 is 10.0 Å². The molecule has 0 spiro atoms. The number of nitrogens with zero attached hydrogens (tertiary/aromatic N) is 1. The van der Waals surface area contributed by atoms with Gasteiger partial charge in [0.1, 0.15) is 4.88 Å². The average molecular weight is 237 g/mol. The van der Waals surface area contributed by atoms with Crippen molar-refractivity contribution in [3.05, 3.63) is 34.0 Å². The third kappa shape index (κ3) is 2.14. The number of hydrogen-bond donors (Lipinski definition) is 1. The van der Waals surface area contributed by atoms with E-state index in [0.29, 0.717) is 18.0 Å². The smallest absolute Gasteiger partial charge is 0.345 e. The van der Waals surface area contributed by atoms with Gasteiger partial charge in [0.05, 0.1) is 4.88 Å². The van der Waals surface area contributed by atoms with Gasteiger partial charge in [-0.15, -0.1) is 11.3 Å². The molecule has 1 aromatic rings. The molecule has 1 aliphatic rings. The molecule has 0 radical (unpaired) electrons. The van der Waals surface area contributed by atoms with Gasteiger partial charge in [-0.2, -0.15) is 0 Å². The molecule has 1 aromatic heterocycles. The maximum atomic E-state index is 11.9. The summed E-state index contributed by atoms with van der Waals surface area (Å²) in [4.78, 5) is 25.1. The van der Waals surface area contributed by atoms with Crippen LogP contribution in [0.25, 0.3) is 0 Å². The molecular formula is C11H11NO3S. The van der Waals surface area contributed by atoms with Crippen LogP contribution in [-0.2, 0) is 0 Å². The lowest BCUT2D eigenvalue weighted by Crippen LogP contribution is -2.33. The first-order valence-electron chi connectivity index (χ1n) is 4.96. The Bertz CT molecular complexity index is 450. The molecule has 4 nitrogen and oxygen atoms in total. The second-order valence-electron chi connectivity index (χ2n) is 3.48. The number of aromatic carboxylic acids is 1. The fourth-order valence-corrected chi connectivity index (χ4v) is 2.36. The number of carbonyl (C=O) groups excluding carboxylic acids is 1. The lowest BCUT2D eigenvalue weighted by molar-refractivity contribution is 0.0701. The molecule has 1 amide bonds. The van der Waals surface area contributed by atoms with Crippen LogP contribution >= 0.6 is 11.3 Å². The van der Waals surface area contributed by atoms with Crippen molar-refractivity contribution in [1.29, 1.82) is 0 Å². The molecule has 0 unspecified atom stereocenters. The third-order valence-electron chi connectivity index (χ3n) is 2.37. The summed E-state index contributed by atoms with van der Waals surface area (Å²) in [6, 6.07) is 3.05. The Kier molecular flexibility index (Phi) is 3.05. The molecule has 5 heteroatoms. The molecule has 0 bridgehead atoms. The van der Waals surface area contributed by atoms with Gasteiger partial charge in [0.15, 0.2) is 0 Å². The highest BCUT2D eigenvalue weighted by atomic mass is 32.1. The molecule has 0 atom stereocenters. The Hall–Kier alpha value is -1.62. The van der Waals surface area contributed by atoms with Crippen LogP contribution in [-0.4, -0.2) is 35.0 Å². The van der Waals surface area contributed by atoms with E-state index < -0.39 is 5.97 Å². The zero-order valence-corrected chi connectivity index (χ0v) is 9.37. The van der Waals surface area contributed by atoms with Gasteiger partial charge >= 0.3 is 5.97 Å². The summed E-state index contributed by atoms with van der Waals surface area (Å²) in [7, 11) is 0. The van der Waals surface area contributed by atoms with E-state index in [1.54, 1.807) is 11.0 Å². The summed E-state index contributed by atoms with van der Waals surface area (Å²) in [6.45, 7) is 1.31. The molecular weight excluding hydrogens is 226 g/mol. The van der Waals surface area contributed by atoms with Crippen LogP contribution in [0, 0.1) is 0 Å². The maximum Gasteiger partial charge on any atom is 0.345 e. The van der Waals surface area contributed by atoms with Crippen molar-refractivity contribution in [3.8, 4) is 0 Å². The minimum Gasteiger partial charge on any atom is -0.477 e. The van der Waals surface area contributed by atoms with Gasteiger partial charge in [0.25, 0.3) is 5.91 Å². The normalized spacial score (nSPS) is 15.1. The summed E-state index contributed by atoms with van der Waals surface area (Å²) in [6.07, 6.45) is 4.86. The van der Waals surface area contributed by atoms with Crippen LogP contribution in [0.4, 0.5) is 0 Å². The molecule has 1 aliphatic heterocycles. The van der Waals surface area contributed by atoms with Crippen molar-refractivity contribution < 1.29 is 14.7 Å². The maximum absolute atomic E-state index is 11.9. The standard InChI is InChI=1S/C11H11NO3S/c13-10(12-6-2-1-3-7-12)8-4-5-9(16-8)11(14)15/h1-2,4-5H,3,6-7H2,(H,14,15). The number of hydrogen-bond acceptors (Lipinski definition) is 3. The van der Waals surface area contributed by atoms with E-state index in [-0.39, 0.29) is 10.8 Å². The fraction of sp³-hybridized carbons (Fsp3) is 0.273. The van der Waals surface area contributed by atoms with Crippen molar-refractivity contribution in [2.45, 2.75) is 6.42 Å². The molecule has 16 heavy (non-hydrogen) atoms. The van der Waals surface area contributed by atoms with E-state index in [9.17, 15) is 9.59 Å². The van der Waals surface area contributed by atoms with Crippen LogP contribution < -0.4 is 0 Å². The number of amides is 1. The first-order chi connectivity index (χ1) is 7.68. The molecule has 84 valence electrons. The lowest BCUT2D eigenvalue weighted by Gasteiger charge is -2.22. The summed E-state index contributed by atoms with van der Waals surface area (Å²) >= 11 is 1.03. The van der Waals surface area contributed by atoms with E-state index in [2.05, 4.69) is 0 Å². The summed E-state index contributed by atoms with van der Waals surface area (Å²) in [5.41, 5.74) is 0. The van der Waals surface area contributed by atoms with Gasteiger partial charge in [0, 0.05) is 13.1 Å². The Morgan fingerprint density at radius 1 is 1.25 bits per heavy atom. The van der Waals surface area contributed by atoms with E-state index >= 15 is 0 Å². The fourth-order valence-electron chi connectivity index (χ4n) is 1.55. The largest absolute Gasteiger partial charge is 0.477 e. The second-order valence-corrected chi connectivity index (χ2v) is 4.56. The van der Waals surface area contributed by atoms with Crippen LogP contribution in [0.1, 0.15) is 25.8 Å². The monoisotopic (exact) mass is 237 g/mol. The highest BCUT2D eigenvalue weighted by Crippen LogP contribution is 2.19. The van der Waals surface area contributed by atoms with Crippen molar-refractivity contribution in [2.24, 2.45) is 0 Å². The minimum absolute atomic E-state index is 0.0816. The molecule has 2 heterocycles. The molecule has 1 N–H and O–H groups in total. The van der Waals surface area contributed by atoms with E-state index in [1.807, 2.05) is 12.2 Å². The number of carboxylic acid groups (broad SMARTS) is 1. The van der Waals surface area contributed by atoms with Gasteiger partial charge in [-0.05, 0) is 18.6 Å². The van der Waals surface area contributed by atoms with Gasteiger partial charge in [-0.1, -0.05) is 12.2 Å². The summed E-state index contributed by atoms with van der Waals surface area (Å²) in [5, 5.41) is 8.76. The molecule has 0 aliphatic carbocycles. The Balaban J connectivity index is 2.14. The van der Waals surface area contributed by atoms with Crippen molar-refractivity contribution in [2.75, 3.05) is 13.1 Å². The van der Waals surface area contributed by atoms with Crippen LogP contribution in [0.5, 0.6) is 0 Å².